The molecule has 0 aliphatic heterocycles. The molecule has 3 aromatic rings. The number of carbonyl (C=O) groups excluding carboxylic acids is 1. The van der Waals surface area contributed by atoms with Crippen LogP contribution in [0.2, 0.25) is 0 Å². The Bertz CT molecular complexity index is 1080. The van der Waals surface area contributed by atoms with Crippen LogP contribution in [0, 0.1) is 23.5 Å². The topological polar surface area (TPSA) is 35.5 Å². The number of ether oxygens (including phenoxy) is 2. The van der Waals surface area contributed by atoms with Crippen LogP contribution in [0.1, 0.15) is 47.7 Å². The van der Waals surface area contributed by atoms with Gasteiger partial charge in [-0.05, 0) is 67.1 Å². The van der Waals surface area contributed by atoms with Crippen LogP contribution in [0.3, 0.4) is 0 Å². The molecule has 0 aromatic heterocycles. The second-order valence-electron chi connectivity index (χ2n) is 6.87. The third kappa shape index (κ3) is 6.68. The lowest BCUT2D eigenvalue weighted by atomic mass is 10.1. The highest BCUT2D eigenvalue weighted by atomic mass is 19.2. The van der Waals surface area contributed by atoms with Crippen LogP contribution in [-0.2, 0) is 0 Å². The lowest BCUT2D eigenvalue weighted by Crippen LogP contribution is -2.08. The molecule has 0 spiro atoms. The van der Waals surface area contributed by atoms with E-state index in [1.54, 1.807) is 24.3 Å². The van der Waals surface area contributed by atoms with Gasteiger partial charge in [0, 0.05) is 17.2 Å². The molecule has 3 aromatic carbocycles. The number of hydrogen-bond donors (Lipinski definition) is 0. The minimum absolute atomic E-state index is 0.0643. The molecule has 0 aliphatic rings. The van der Waals surface area contributed by atoms with E-state index in [9.17, 15) is 13.6 Å². The summed E-state index contributed by atoms with van der Waals surface area (Å²) in [5, 5.41) is 0. The van der Waals surface area contributed by atoms with E-state index in [0.717, 1.165) is 48.3 Å². The minimum atomic E-state index is -1.08. The third-order valence-electron chi connectivity index (χ3n) is 4.44. The van der Waals surface area contributed by atoms with E-state index in [-0.39, 0.29) is 11.3 Å². The van der Waals surface area contributed by atoms with Crippen LogP contribution < -0.4 is 9.47 Å². The molecule has 31 heavy (non-hydrogen) atoms. The van der Waals surface area contributed by atoms with E-state index >= 15 is 0 Å². The smallest absolute Gasteiger partial charge is 0.343 e. The van der Waals surface area contributed by atoms with Gasteiger partial charge in [0.15, 0.2) is 11.6 Å². The summed E-state index contributed by atoms with van der Waals surface area (Å²) >= 11 is 0. The molecule has 0 amide bonds. The molecular weight excluding hydrogens is 398 g/mol. The molecule has 0 saturated carbocycles. The molecule has 0 atom stereocenters. The van der Waals surface area contributed by atoms with Gasteiger partial charge >= 0.3 is 5.97 Å². The summed E-state index contributed by atoms with van der Waals surface area (Å²) < 4.78 is 36.9. The number of esters is 1. The normalized spacial score (nSPS) is 10.2. The molecule has 0 N–H and O–H groups in total. The van der Waals surface area contributed by atoms with Gasteiger partial charge < -0.3 is 9.47 Å². The van der Waals surface area contributed by atoms with Crippen molar-refractivity contribution in [3.05, 3.63) is 95.1 Å². The highest BCUT2D eigenvalue weighted by Gasteiger charge is 2.10. The first-order chi connectivity index (χ1) is 15.0. The van der Waals surface area contributed by atoms with Gasteiger partial charge in [0.25, 0.3) is 0 Å². The minimum Gasteiger partial charge on any atom is -0.494 e. The molecule has 0 fully saturated rings. The van der Waals surface area contributed by atoms with E-state index in [0.29, 0.717) is 6.61 Å². The Morgan fingerprint density at radius 3 is 2.03 bits per heavy atom. The lowest BCUT2D eigenvalue weighted by Gasteiger charge is -2.05. The average molecular weight is 420 g/mol. The van der Waals surface area contributed by atoms with Gasteiger partial charge in [0.1, 0.15) is 11.5 Å². The van der Waals surface area contributed by atoms with Crippen LogP contribution in [0.15, 0.2) is 66.7 Å². The van der Waals surface area contributed by atoms with Gasteiger partial charge in [-0.25, -0.2) is 13.6 Å². The zero-order valence-electron chi connectivity index (χ0n) is 17.2. The summed E-state index contributed by atoms with van der Waals surface area (Å²) in [5.41, 5.74) is 1.85. The van der Waals surface area contributed by atoms with Crippen molar-refractivity contribution in [3.63, 3.8) is 0 Å². The largest absolute Gasteiger partial charge is 0.494 e. The number of halogens is 2. The maximum Gasteiger partial charge on any atom is 0.343 e. The molecular formula is C26H22F2O3. The van der Waals surface area contributed by atoms with Gasteiger partial charge in [0.2, 0.25) is 0 Å². The number of hydrogen-bond acceptors (Lipinski definition) is 3. The van der Waals surface area contributed by atoms with Crippen LogP contribution in [-0.4, -0.2) is 12.6 Å². The van der Waals surface area contributed by atoms with Crippen molar-refractivity contribution in [1.29, 1.82) is 0 Å². The summed E-state index contributed by atoms with van der Waals surface area (Å²) in [6.07, 6.45) is 3.36. The van der Waals surface area contributed by atoms with Gasteiger partial charge in [-0.1, -0.05) is 31.6 Å². The quantitative estimate of drug-likeness (QED) is 0.199. The van der Waals surface area contributed by atoms with E-state index in [4.69, 9.17) is 9.47 Å². The van der Waals surface area contributed by atoms with Crippen LogP contribution in [0.4, 0.5) is 8.78 Å². The fourth-order valence-corrected chi connectivity index (χ4v) is 2.72. The molecule has 158 valence electrons. The summed E-state index contributed by atoms with van der Waals surface area (Å²) in [6.45, 7) is 2.87. The van der Waals surface area contributed by atoms with Gasteiger partial charge in [-0.2, -0.15) is 0 Å². The Hall–Kier alpha value is -3.65. The molecule has 0 unspecified atom stereocenters. The molecule has 0 aliphatic carbocycles. The van der Waals surface area contributed by atoms with E-state index in [2.05, 4.69) is 18.8 Å². The van der Waals surface area contributed by atoms with E-state index in [1.165, 1.54) is 6.07 Å². The summed E-state index contributed by atoms with van der Waals surface area (Å²) in [6, 6.07) is 17.0. The maximum absolute atomic E-state index is 13.2. The van der Waals surface area contributed by atoms with Crippen molar-refractivity contribution in [2.75, 3.05) is 6.61 Å². The van der Waals surface area contributed by atoms with Crippen molar-refractivity contribution in [1.82, 2.24) is 0 Å². The Balaban J connectivity index is 1.57. The predicted molar refractivity (Wildman–Crippen MR) is 115 cm³/mol. The van der Waals surface area contributed by atoms with Gasteiger partial charge in [-0.15, -0.1) is 0 Å². The van der Waals surface area contributed by atoms with Gasteiger partial charge in [-0.3, -0.25) is 0 Å². The first kappa shape index (κ1) is 22.0. The standard InChI is InChI=1S/C26H22F2O3/c1-2-3-4-17-30-22-13-9-20(10-14-22)6-5-19-7-11-21(12-8-19)26(29)31-23-15-16-24(27)25(28)18-23/h7-16,18H,2-4,17H2,1H3. The van der Waals surface area contributed by atoms with Crippen molar-refractivity contribution < 1.29 is 23.0 Å². The molecule has 5 heteroatoms. The molecule has 3 rings (SSSR count). The number of rotatable bonds is 7. The number of carbonyl (C=O) groups is 1. The van der Waals surface area contributed by atoms with Crippen molar-refractivity contribution in [2.24, 2.45) is 0 Å². The molecule has 0 bridgehead atoms. The molecule has 3 nitrogen and oxygen atoms in total. The zero-order valence-corrected chi connectivity index (χ0v) is 17.2. The van der Waals surface area contributed by atoms with Crippen LogP contribution in [0.5, 0.6) is 11.5 Å². The van der Waals surface area contributed by atoms with Crippen molar-refractivity contribution in [3.8, 4) is 23.3 Å². The van der Waals surface area contributed by atoms with E-state index < -0.39 is 17.6 Å². The average Bonchev–Trinajstić information content (AvgIpc) is 2.79. The lowest BCUT2D eigenvalue weighted by molar-refractivity contribution is 0.0734. The highest BCUT2D eigenvalue weighted by molar-refractivity contribution is 5.91. The summed E-state index contributed by atoms with van der Waals surface area (Å²) in [5.74, 6) is 4.12. The highest BCUT2D eigenvalue weighted by Crippen LogP contribution is 2.17. The van der Waals surface area contributed by atoms with Crippen LogP contribution in [0.25, 0.3) is 0 Å². The third-order valence-corrected chi connectivity index (χ3v) is 4.44. The monoisotopic (exact) mass is 420 g/mol. The zero-order chi connectivity index (χ0) is 22.1. The van der Waals surface area contributed by atoms with Crippen LogP contribution >= 0.6 is 0 Å². The Labute approximate surface area is 180 Å². The SMILES string of the molecule is CCCCCOc1ccc(C#Cc2ccc(C(=O)Oc3ccc(F)c(F)c3)cc2)cc1. The molecule has 0 saturated heterocycles. The fourth-order valence-electron chi connectivity index (χ4n) is 2.72. The Morgan fingerprint density at radius 2 is 1.42 bits per heavy atom. The second-order valence-corrected chi connectivity index (χ2v) is 6.87. The Morgan fingerprint density at radius 1 is 0.806 bits per heavy atom. The Kier molecular flexibility index (Phi) is 7.78. The predicted octanol–water partition coefficient (Wildman–Crippen LogP) is 6.15. The number of benzene rings is 3. The maximum atomic E-state index is 13.2. The van der Waals surface area contributed by atoms with Crippen molar-refractivity contribution >= 4 is 5.97 Å². The summed E-state index contributed by atoms with van der Waals surface area (Å²) in [7, 11) is 0. The van der Waals surface area contributed by atoms with Gasteiger partial charge in [0.05, 0.1) is 12.2 Å². The van der Waals surface area contributed by atoms with E-state index in [1.807, 2.05) is 24.3 Å². The molecule has 0 heterocycles. The fraction of sp³-hybridized carbons (Fsp3) is 0.192. The summed E-state index contributed by atoms with van der Waals surface area (Å²) in [4.78, 5) is 12.2. The first-order valence-corrected chi connectivity index (χ1v) is 10.1. The first-order valence-electron chi connectivity index (χ1n) is 10.1. The molecule has 0 radical (unpaired) electrons. The number of unbranched alkanes of at least 4 members (excludes halogenated alkanes) is 2. The second kappa shape index (κ2) is 10.9. The van der Waals surface area contributed by atoms with Crippen molar-refractivity contribution in [2.45, 2.75) is 26.2 Å².